The molecule has 1 heterocycles. The molecule has 22 heavy (non-hydrogen) atoms. The summed E-state index contributed by atoms with van der Waals surface area (Å²) in [6, 6.07) is 7.19. The molecule has 6 nitrogen and oxygen atoms in total. The van der Waals surface area contributed by atoms with E-state index in [0.717, 1.165) is 0 Å². The number of para-hydroxylation sites is 2. The first-order valence-corrected chi connectivity index (χ1v) is 7.63. The Hall–Kier alpha value is -2.41. The number of benzene rings is 1. The Morgan fingerprint density at radius 1 is 1.32 bits per heavy atom. The smallest absolute Gasteiger partial charge is 0.309 e. The van der Waals surface area contributed by atoms with Gasteiger partial charge in [-0.15, -0.1) is 11.3 Å². The van der Waals surface area contributed by atoms with E-state index in [1.54, 1.807) is 17.5 Å². The molecule has 2 rings (SSSR count). The van der Waals surface area contributed by atoms with Crippen molar-refractivity contribution in [1.29, 1.82) is 0 Å². The summed E-state index contributed by atoms with van der Waals surface area (Å²) in [4.78, 5) is 26.8. The highest BCUT2D eigenvalue weighted by molar-refractivity contribution is 7.09. The number of amides is 1. The second-order valence-electron chi connectivity index (χ2n) is 4.46. The monoisotopic (exact) mass is 320 g/mol. The number of nitrogens with one attached hydrogen (secondary N) is 1. The minimum Gasteiger partial charge on any atom is -0.492 e. The number of aliphatic carboxylic acids is 1. The summed E-state index contributed by atoms with van der Waals surface area (Å²) in [6.45, 7) is 2.38. The molecule has 7 heteroatoms. The van der Waals surface area contributed by atoms with Crippen molar-refractivity contribution in [1.82, 2.24) is 4.98 Å². The lowest BCUT2D eigenvalue weighted by Gasteiger charge is -2.10. The van der Waals surface area contributed by atoms with Gasteiger partial charge in [0.15, 0.2) is 0 Å². The van der Waals surface area contributed by atoms with Gasteiger partial charge in [-0.3, -0.25) is 9.59 Å². The molecule has 1 amide bonds. The molecule has 0 saturated carbocycles. The Morgan fingerprint density at radius 3 is 2.82 bits per heavy atom. The molecule has 116 valence electrons. The average Bonchev–Trinajstić information content (AvgIpc) is 2.87. The zero-order valence-corrected chi connectivity index (χ0v) is 12.9. The van der Waals surface area contributed by atoms with E-state index < -0.39 is 5.97 Å². The van der Waals surface area contributed by atoms with Gasteiger partial charge in [-0.25, -0.2) is 4.98 Å². The van der Waals surface area contributed by atoms with Crippen LogP contribution in [0, 0.1) is 0 Å². The Balaban J connectivity index is 1.98. The van der Waals surface area contributed by atoms with Crippen LogP contribution in [0.4, 0.5) is 5.69 Å². The number of anilines is 1. The standard InChI is InChI=1S/C15H16N2O4S/c1-2-21-12-6-4-3-5-11(12)17-13(18)8-14-16-10(9-22-14)7-15(19)20/h3-6,9H,2,7-8H2,1H3,(H,17,18)(H,19,20). The Morgan fingerprint density at radius 2 is 2.09 bits per heavy atom. The molecule has 2 N–H and O–H groups in total. The Labute approximate surface area is 131 Å². The van der Waals surface area contributed by atoms with Crippen LogP contribution in [-0.4, -0.2) is 28.6 Å². The van der Waals surface area contributed by atoms with Crippen LogP contribution < -0.4 is 10.1 Å². The summed E-state index contributed by atoms with van der Waals surface area (Å²) in [6.07, 6.45) is -0.0317. The molecule has 2 aromatic rings. The maximum atomic E-state index is 12.1. The van der Waals surface area contributed by atoms with Crippen molar-refractivity contribution in [2.45, 2.75) is 19.8 Å². The lowest BCUT2D eigenvalue weighted by Crippen LogP contribution is -2.15. The SMILES string of the molecule is CCOc1ccccc1NC(=O)Cc1nc(CC(=O)O)cs1. The van der Waals surface area contributed by atoms with Crippen molar-refractivity contribution in [3.8, 4) is 5.75 Å². The number of nitrogens with zero attached hydrogens (tertiary/aromatic N) is 1. The number of ether oxygens (including phenoxy) is 1. The summed E-state index contributed by atoms with van der Waals surface area (Å²) in [5, 5.41) is 13.7. The van der Waals surface area contributed by atoms with Crippen LogP contribution in [0.3, 0.4) is 0 Å². The van der Waals surface area contributed by atoms with Crippen molar-refractivity contribution in [3.05, 3.63) is 40.3 Å². The fourth-order valence-electron chi connectivity index (χ4n) is 1.85. The number of thiazole rings is 1. The minimum atomic E-state index is -0.938. The molecule has 0 bridgehead atoms. The van der Waals surface area contributed by atoms with E-state index in [9.17, 15) is 9.59 Å². The van der Waals surface area contributed by atoms with Gasteiger partial charge in [0, 0.05) is 5.38 Å². The van der Waals surface area contributed by atoms with Crippen LogP contribution in [0.2, 0.25) is 0 Å². The number of carbonyl (C=O) groups excluding carboxylic acids is 1. The van der Waals surface area contributed by atoms with Crippen molar-refractivity contribution < 1.29 is 19.4 Å². The average molecular weight is 320 g/mol. The van der Waals surface area contributed by atoms with Crippen molar-refractivity contribution >= 4 is 28.9 Å². The first-order chi connectivity index (χ1) is 10.6. The molecule has 0 saturated heterocycles. The van der Waals surface area contributed by atoms with Gasteiger partial charge in [0.05, 0.1) is 30.8 Å². The molecule has 1 aromatic heterocycles. The summed E-state index contributed by atoms with van der Waals surface area (Å²) in [5.41, 5.74) is 1.08. The summed E-state index contributed by atoms with van der Waals surface area (Å²) in [5.74, 6) is -0.542. The van der Waals surface area contributed by atoms with Gasteiger partial charge in [-0.2, -0.15) is 0 Å². The topological polar surface area (TPSA) is 88.5 Å². The quantitative estimate of drug-likeness (QED) is 0.817. The normalized spacial score (nSPS) is 10.2. The molecule has 0 atom stereocenters. The number of carbonyl (C=O) groups is 2. The fraction of sp³-hybridized carbons (Fsp3) is 0.267. The number of carboxylic acids is 1. The van der Waals surface area contributed by atoms with Crippen molar-refractivity contribution in [2.75, 3.05) is 11.9 Å². The van der Waals surface area contributed by atoms with Gasteiger partial charge in [0.1, 0.15) is 10.8 Å². The second kappa shape index (κ2) is 7.56. The van der Waals surface area contributed by atoms with Crippen LogP contribution in [0.1, 0.15) is 17.6 Å². The van der Waals surface area contributed by atoms with Gasteiger partial charge >= 0.3 is 5.97 Å². The highest BCUT2D eigenvalue weighted by Crippen LogP contribution is 2.24. The number of carboxylic acid groups (broad SMARTS) is 1. The molecule has 0 aliphatic carbocycles. The Bertz CT molecular complexity index is 669. The van der Waals surface area contributed by atoms with E-state index >= 15 is 0 Å². The number of hydrogen-bond acceptors (Lipinski definition) is 5. The summed E-state index contributed by atoms with van der Waals surface area (Å²) in [7, 11) is 0. The van der Waals surface area contributed by atoms with Crippen LogP contribution in [-0.2, 0) is 22.4 Å². The first kappa shape index (κ1) is 16.0. The van der Waals surface area contributed by atoms with Crippen molar-refractivity contribution in [2.24, 2.45) is 0 Å². The second-order valence-corrected chi connectivity index (χ2v) is 5.40. The van der Waals surface area contributed by atoms with E-state index in [1.807, 2.05) is 19.1 Å². The van der Waals surface area contributed by atoms with Gasteiger partial charge < -0.3 is 15.2 Å². The lowest BCUT2D eigenvalue weighted by molar-refractivity contribution is -0.136. The molecule has 0 fully saturated rings. The summed E-state index contributed by atoms with van der Waals surface area (Å²) >= 11 is 1.28. The summed E-state index contributed by atoms with van der Waals surface area (Å²) < 4.78 is 5.44. The third-order valence-electron chi connectivity index (χ3n) is 2.70. The molecule has 0 aliphatic heterocycles. The molecular formula is C15H16N2O4S. The van der Waals surface area contributed by atoms with E-state index in [4.69, 9.17) is 9.84 Å². The number of hydrogen-bond donors (Lipinski definition) is 2. The highest BCUT2D eigenvalue weighted by Gasteiger charge is 2.12. The Kier molecular flexibility index (Phi) is 5.48. The maximum absolute atomic E-state index is 12.1. The first-order valence-electron chi connectivity index (χ1n) is 6.75. The zero-order valence-electron chi connectivity index (χ0n) is 12.0. The highest BCUT2D eigenvalue weighted by atomic mass is 32.1. The van der Waals surface area contributed by atoms with Crippen LogP contribution >= 0.6 is 11.3 Å². The molecule has 0 unspecified atom stereocenters. The van der Waals surface area contributed by atoms with Crippen molar-refractivity contribution in [3.63, 3.8) is 0 Å². The van der Waals surface area contributed by atoms with Crippen LogP contribution in [0.5, 0.6) is 5.75 Å². The molecule has 0 radical (unpaired) electrons. The van der Waals surface area contributed by atoms with Crippen LogP contribution in [0.25, 0.3) is 0 Å². The van der Waals surface area contributed by atoms with E-state index in [1.165, 1.54) is 11.3 Å². The fourth-order valence-corrected chi connectivity index (χ4v) is 2.64. The van der Waals surface area contributed by atoms with Gasteiger partial charge in [0.25, 0.3) is 0 Å². The molecular weight excluding hydrogens is 304 g/mol. The van der Waals surface area contributed by atoms with E-state index in [-0.39, 0.29) is 18.7 Å². The third kappa shape index (κ3) is 4.56. The molecule has 1 aromatic carbocycles. The lowest BCUT2D eigenvalue weighted by atomic mass is 10.3. The zero-order chi connectivity index (χ0) is 15.9. The number of aromatic nitrogens is 1. The predicted molar refractivity (Wildman–Crippen MR) is 83.4 cm³/mol. The molecule has 0 spiro atoms. The largest absolute Gasteiger partial charge is 0.492 e. The number of rotatable bonds is 7. The maximum Gasteiger partial charge on any atom is 0.309 e. The van der Waals surface area contributed by atoms with Gasteiger partial charge in [-0.1, -0.05) is 12.1 Å². The van der Waals surface area contributed by atoms with Gasteiger partial charge in [-0.05, 0) is 19.1 Å². The van der Waals surface area contributed by atoms with E-state index in [2.05, 4.69) is 10.3 Å². The van der Waals surface area contributed by atoms with Crippen LogP contribution in [0.15, 0.2) is 29.6 Å². The molecule has 0 aliphatic rings. The van der Waals surface area contributed by atoms with E-state index in [0.29, 0.717) is 28.7 Å². The predicted octanol–water partition coefficient (Wildman–Crippen LogP) is 2.35. The van der Waals surface area contributed by atoms with Gasteiger partial charge in [0.2, 0.25) is 5.91 Å². The third-order valence-corrected chi connectivity index (χ3v) is 3.60. The minimum absolute atomic E-state index is 0.102.